The Morgan fingerprint density at radius 1 is 1.11 bits per heavy atom. The van der Waals surface area contributed by atoms with Crippen LogP contribution in [0.2, 0.25) is 0 Å². The molecule has 3 unspecified atom stereocenters. The quantitative estimate of drug-likeness (QED) is 0.493. The summed E-state index contributed by atoms with van der Waals surface area (Å²) in [5.74, 6) is 3.49. The number of rotatable bonds is 7. The molecule has 5 heteroatoms. The van der Waals surface area contributed by atoms with Gasteiger partial charge in [-0.1, -0.05) is 54.6 Å². The molecule has 0 spiro atoms. The molecule has 0 saturated carbocycles. The van der Waals surface area contributed by atoms with Crippen LogP contribution in [0.1, 0.15) is 25.5 Å². The molecule has 0 bridgehead atoms. The fourth-order valence-electron chi connectivity index (χ4n) is 2.72. The van der Waals surface area contributed by atoms with E-state index in [1.54, 1.807) is 6.08 Å². The number of para-hydroxylation sites is 2. The van der Waals surface area contributed by atoms with E-state index in [-0.39, 0.29) is 21.0 Å². The summed E-state index contributed by atoms with van der Waals surface area (Å²) >= 11 is 0. The number of morpholine rings is 1. The van der Waals surface area contributed by atoms with Crippen LogP contribution >= 0.6 is 8.81 Å². The standard InChI is InChI=1S/C20H24NO3P.C3H6/c1-2-14-25-24-18-11-7-6-10-17(18)23-20(16-8-4-3-5-9-16)19-15-21-12-13-22-19;1-3-2/h2-11,14,19-21,25H,12-13,15H2,1H3;3H,1H2,2H3/b14-2-;. The lowest BCUT2D eigenvalue weighted by molar-refractivity contribution is -0.0436. The number of hydrogen-bond donors (Lipinski definition) is 1. The van der Waals surface area contributed by atoms with Crippen LogP contribution in [0.4, 0.5) is 0 Å². The van der Waals surface area contributed by atoms with Crippen LogP contribution in [0.5, 0.6) is 11.5 Å². The fraction of sp³-hybridized carbons (Fsp3) is 0.304. The third-order valence-electron chi connectivity index (χ3n) is 3.93. The molecule has 3 rings (SSSR count). The zero-order valence-corrected chi connectivity index (χ0v) is 17.6. The van der Waals surface area contributed by atoms with Crippen molar-refractivity contribution >= 4 is 8.81 Å². The zero-order valence-electron chi connectivity index (χ0n) is 16.6. The van der Waals surface area contributed by atoms with E-state index >= 15 is 0 Å². The van der Waals surface area contributed by atoms with E-state index in [1.165, 1.54) is 0 Å². The molecule has 3 atom stereocenters. The molecule has 0 amide bonds. The lowest BCUT2D eigenvalue weighted by atomic mass is 10.0. The molecule has 0 radical (unpaired) electrons. The SMILES string of the molecule is C/C=C\POc1ccccc1OC(c1ccccc1)C1CNCCO1.C=CC. The first kappa shape index (κ1) is 22.2. The molecule has 2 aromatic carbocycles. The van der Waals surface area contributed by atoms with Crippen LogP contribution in [0.3, 0.4) is 0 Å². The van der Waals surface area contributed by atoms with Gasteiger partial charge in [-0.2, -0.15) is 0 Å². The van der Waals surface area contributed by atoms with Gasteiger partial charge in [0.2, 0.25) is 0 Å². The summed E-state index contributed by atoms with van der Waals surface area (Å²) in [5, 5.41) is 3.38. The first-order valence-electron chi connectivity index (χ1n) is 9.53. The van der Waals surface area contributed by atoms with Crippen molar-refractivity contribution in [2.45, 2.75) is 26.1 Å². The monoisotopic (exact) mass is 399 g/mol. The number of ether oxygens (including phenoxy) is 2. The smallest absolute Gasteiger partial charge is 0.165 e. The summed E-state index contributed by atoms with van der Waals surface area (Å²) in [4.78, 5) is 0. The third kappa shape index (κ3) is 7.12. The molecule has 1 aliphatic heterocycles. The Hall–Kier alpha value is -2.13. The highest BCUT2D eigenvalue weighted by atomic mass is 31.1. The summed E-state index contributed by atoms with van der Waals surface area (Å²) in [7, 11) is 0.271. The van der Waals surface area contributed by atoms with E-state index in [0.717, 1.165) is 30.2 Å². The Morgan fingerprint density at radius 3 is 2.43 bits per heavy atom. The molecule has 0 aliphatic carbocycles. The Bertz CT molecular complexity index is 715. The second-order valence-corrected chi connectivity index (χ2v) is 6.91. The van der Waals surface area contributed by atoms with Crippen molar-refractivity contribution < 1.29 is 14.0 Å². The predicted octanol–water partition coefficient (Wildman–Crippen LogP) is 5.49. The van der Waals surface area contributed by atoms with Crippen molar-refractivity contribution in [1.82, 2.24) is 5.32 Å². The van der Waals surface area contributed by atoms with Crippen molar-refractivity contribution in [3.63, 3.8) is 0 Å². The van der Waals surface area contributed by atoms with Gasteiger partial charge in [-0.15, -0.1) is 6.58 Å². The van der Waals surface area contributed by atoms with Gasteiger partial charge in [-0.25, -0.2) is 0 Å². The number of hydrogen-bond acceptors (Lipinski definition) is 4. The molecule has 1 aliphatic rings. The summed E-state index contributed by atoms with van der Waals surface area (Å²) in [6.07, 6.45) is 3.50. The first-order chi connectivity index (χ1) is 13.8. The maximum Gasteiger partial charge on any atom is 0.165 e. The van der Waals surface area contributed by atoms with Gasteiger partial charge in [0.05, 0.1) is 15.4 Å². The average Bonchev–Trinajstić information content (AvgIpc) is 2.75. The van der Waals surface area contributed by atoms with Crippen LogP contribution < -0.4 is 14.6 Å². The van der Waals surface area contributed by atoms with E-state index in [9.17, 15) is 0 Å². The molecule has 1 heterocycles. The van der Waals surface area contributed by atoms with Crippen molar-refractivity contribution in [2.24, 2.45) is 0 Å². The highest BCUT2D eigenvalue weighted by molar-refractivity contribution is 7.36. The largest absolute Gasteiger partial charge is 0.479 e. The van der Waals surface area contributed by atoms with Gasteiger partial charge in [0.1, 0.15) is 6.10 Å². The maximum atomic E-state index is 6.39. The lowest BCUT2D eigenvalue weighted by Gasteiger charge is -2.32. The number of benzene rings is 2. The van der Waals surface area contributed by atoms with Crippen LogP contribution in [-0.4, -0.2) is 25.8 Å². The van der Waals surface area contributed by atoms with E-state index in [0.29, 0.717) is 6.61 Å². The van der Waals surface area contributed by atoms with Gasteiger partial charge in [0, 0.05) is 13.1 Å². The molecule has 2 aromatic rings. The number of nitrogens with one attached hydrogen (secondary N) is 1. The molecule has 150 valence electrons. The highest BCUT2D eigenvalue weighted by Gasteiger charge is 2.28. The molecular formula is C23H30NO3P. The number of allylic oxidation sites excluding steroid dienone is 2. The summed E-state index contributed by atoms with van der Waals surface area (Å²) in [5.41, 5.74) is 1.10. The molecule has 1 fully saturated rings. The highest BCUT2D eigenvalue weighted by Crippen LogP contribution is 2.36. The Balaban J connectivity index is 0.000000878. The Kier molecular flexibility index (Phi) is 10.4. The van der Waals surface area contributed by atoms with Gasteiger partial charge in [-0.05, 0) is 37.4 Å². The van der Waals surface area contributed by atoms with Gasteiger partial charge in [0.15, 0.2) is 17.6 Å². The van der Waals surface area contributed by atoms with E-state index in [1.807, 2.05) is 68.2 Å². The van der Waals surface area contributed by atoms with E-state index in [2.05, 4.69) is 24.0 Å². The average molecular weight is 399 g/mol. The Morgan fingerprint density at radius 2 is 1.79 bits per heavy atom. The second kappa shape index (κ2) is 13.1. The summed E-state index contributed by atoms with van der Waals surface area (Å²) in [6, 6.07) is 18.0. The zero-order chi connectivity index (χ0) is 20.0. The van der Waals surface area contributed by atoms with Crippen molar-refractivity contribution in [2.75, 3.05) is 19.7 Å². The molecule has 0 aromatic heterocycles. The molecule has 28 heavy (non-hydrogen) atoms. The first-order valence-corrected chi connectivity index (χ1v) is 10.5. The van der Waals surface area contributed by atoms with E-state index < -0.39 is 0 Å². The molecular weight excluding hydrogens is 369 g/mol. The van der Waals surface area contributed by atoms with Gasteiger partial charge in [0.25, 0.3) is 0 Å². The van der Waals surface area contributed by atoms with Crippen molar-refractivity contribution in [3.05, 3.63) is 84.7 Å². The molecule has 1 N–H and O–H groups in total. The topological polar surface area (TPSA) is 39.7 Å². The van der Waals surface area contributed by atoms with Gasteiger partial charge < -0.3 is 19.3 Å². The van der Waals surface area contributed by atoms with Crippen LogP contribution in [0, 0.1) is 0 Å². The minimum Gasteiger partial charge on any atom is -0.479 e. The third-order valence-corrected chi connectivity index (χ3v) is 4.74. The normalized spacial score (nSPS) is 17.7. The van der Waals surface area contributed by atoms with Crippen LogP contribution in [0.25, 0.3) is 0 Å². The minimum atomic E-state index is -0.191. The van der Waals surface area contributed by atoms with E-state index in [4.69, 9.17) is 14.0 Å². The molecule has 1 saturated heterocycles. The summed E-state index contributed by atoms with van der Waals surface area (Å²) < 4.78 is 18.2. The van der Waals surface area contributed by atoms with Crippen LogP contribution in [0.15, 0.2) is 79.1 Å². The van der Waals surface area contributed by atoms with Crippen LogP contribution in [-0.2, 0) is 4.74 Å². The summed E-state index contributed by atoms with van der Waals surface area (Å²) in [6.45, 7) is 9.57. The lowest BCUT2D eigenvalue weighted by Crippen LogP contribution is -2.43. The fourth-order valence-corrected chi connectivity index (χ4v) is 3.22. The second-order valence-electron chi connectivity index (χ2n) is 6.14. The Labute approximate surface area is 170 Å². The van der Waals surface area contributed by atoms with Gasteiger partial charge >= 0.3 is 0 Å². The minimum absolute atomic E-state index is 0.0396. The maximum absolute atomic E-state index is 6.39. The molecule has 4 nitrogen and oxygen atoms in total. The van der Waals surface area contributed by atoms with Crippen molar-refractivity contribution in [3.8, 4) is 11.5 Å². The predicted molar refractivity (Wildman–Crippen MR) is 118 cm³/mol. The van der Waals surface area contributed by atoms with Crippen molar-refractivity contribution in [1.29, 1.82) is 0 Å². The van der Waals surface area contributed by atoms with Gasteiger partial charge in [-0.3, -0.25) is 0 Å².